The van der Waals surface area contributed by atoms with Crippen LogP contribution in [0, 0.1) is 0 Å². The van der Waals surface area contributed by atoms with E-state index in [-0.39, 0.29) is 10.8 Å². The minimum absolute atomic E-state index is 0.119. The Labute approximate surface area is 206 Å². The van der Waals surface area contributed by atoms with E-state index in [1.165, 1.54) is 12.1 Å². The van der Waals surface area contributed by atoms with Gasteiger partial charge in [-0.2, -0.15) is 0 Å². The maximum absolute atomic E-state index is 12.3. The van der Waals surface area contributed by atoms with Crippen LogP contribution in [0.15, 0.2) is 54.6 Å². The zero-order valence-electron chi connectivity index (χ0n) is 18.3. The predicted molar refractivity (Wildman–Crippen MR) is 123 cm³/mol. The molecular weight excluding hydrogens is 500 g/mol. The van der Waals surface area contributed by atoms with Crippen LogP contribution in [-0.2, 0) is 22.8 Å². The van der Waals surface area contributed by atoms with Crippen molar-refractivity contribution in [2.75, 3.05) is 11.1 Å². The predicted octanol–water partition coefficient (Wildman–Crippen LogP) is -2.55. The molecule has 0 radical (unpaired) electrons. The minimum Gasteiger partial charge on any atom is -0.498 e. The van der Waals surface area contributed by atoms with Gasteiger partial charge in [-0.25, -0.2) is 10.3 Å². The second-order valence-electron chi connectivity index (χ2n) is 7.86. The summed E-state index contributed by atoms with van der Waals surface area (Å²) in [7, 11) is 0. The second kappa shape index (κ2) is 9.68. The van der Waals surface area contributed by atoms with E-state index in [0.717, 1.165) is 24.3 Å². The molecule has 3 aromatic rings. The monoisotopic (exact) mass is 524 g/mol. The lowest BCUT2D eigenvalue weighted by atomic mass is 10.0. The normalized spacial score (nSPS) is 13.0. The van der Waals surface area contributed by atoms with Crippen molar-refractivity contribution in [2.45, 2.75) is 29.8 Å². The first-order valence-electron chi connectivity index (χ1n) is 10.0. The highest BCUT2D eigenvalue weighted by Gasteiger charge is 2.53. The number of amides is 1. The van der Waals surface area contributed by atoms with Crippen molar-refractivity contribution >= 4 is 28.1 Å². The number of hydrogen-bond donors (Lipinski definition) is 12. The Kier molecular flexibility index (Phi) is 7.36. The summed E-state index contributed by atoms with van der Waals surface area (Å²) in [5, 5.41) is 94.1. The van der Waals surface area contributed by atoms with Gasteiger partial charge in [-0.3, -0.25) is 4.79 Å². The van der Waals surface area contributed by atoms with Crippen LogP contribution >= 0.6 is 11.3 Å². The molecule has 14 nitrogen and oxygen atoms in total. The number of nitrogens with two attached hydrogens (primary N) is 1. The number of hydrogen-bond acceptors (Lipinski definition) is 14. The van der Waals surface area contributed by atoms with E-state index in [9.17, 15) is 50.8 Å². The van der Waals surface area contributed by atoms with Gasteiger partial charge in [0.1, 0.15) is 0 Å². The molecule has 13 N–H and O–H groups in total. The molecule has 0 spiro atoms. The maximum Gasteiger partial charge on any atom is 0.294 e. The van der Waals surface area contributed by atoms with E-state index in [4.69, 9.17) is 5.73 Å². The highest BCUT2D eigenvalue weighted by atomic mass is 32.1. The zero-order valence-corrected chi connectivity index (χ0v) is 19.1. The van der Waals surface area contributed by atoms with Crippen LogP contribution in [0.3, 0.4) is 0 Å². The molecule has 0 bridgehead atoms. The van der Waals surface area contributed by atoms with Gasteiger partial charge in [0.25, 0.3) is 23.4 Å². The summed E-state index contributed by atoms with van der Waals surface area (Å²) in [6, 6.07) is 11.8. The highest BCUT2D eigenvalue weighted by Crippen LogP contribution is 2.35. The van der Waals surface area contributed by atoms with Crippen LogP contribution in [-0.4, -0.2) is 68.7 Å². The van der Waals surface area contributed by atoms with Gasteiger partial charge in [-0.15, -0.1) is 0 Å². The van der Waals surface area contributed by atoms with E-state index in [1.54, 1.807) is 23.5 Å². The summed E-state index contributed by atoms with van der Waals surface area (Å²) in [6.45, 7) is 0. The molecule has 15 heteroatoms. The number of rotatable bonds is 9. The van der Waals surface area contributed by atoms with Crippen LogP contribution < -0.4 is 16.4 Å². The lowest BCUT2D eigenvalue weighted by molar-refractivity contribution is -0.407. The van der Waals surface area contributed by atoms with Crippen LogP contribution in [0.5, 0.6) is 5.06 Å². The third kappa shape index (κ3) is 5.77. The van der Waals surface area contributed by atoms with Crippen molar-refractivity contribution in [3.8, 4) is 5.06 Å². The molecule has 194 valence electrons. The molecule has 1 aromatic heterocycles. The lowest BCUT2D eigenvalue weighted by Crippen LogP contribution is -2.68. The maximum atomic E-state index is 12.3. The molecular formula is C21H24N4O10S. The summed E-state index contributed by atoms with van der Waals surface area (Å²) in [5.41, 5.74) is 4.26. The molecule has 0 aliphatic rings. The first kappa shape index (κ1) is 27.4. The van der Waals surface area contributed by atoms with Crippen LogP contribution in [0.25, 0.3) is 0 Å². The summed E-state index contributed by atoms with van der Waals surface area (Å²) in [6.07, 6.45) is -0.554. The Hall–Kier alpha value is -3.22. The molecule has 0 fully saturated rings. The second-order valence-corrected chi connectivity index (χ2v) is 8.87. The number of benzene rings is 2. The standard InChI is InChI=1S/C21H24N4O10S/c22-17-24-14(15(26)36-17)19(30,31)16(27)23-13-8-6-12(7-9-13)20(32,33)21(34,35)25-18(28,29)10-11-4-2-1-3-5-11/h1-9,25-26,28-35H,10H2,(H2,22,24)(H,23,27). The molecule has 0 saturated carbocycles. The Morgan fingerprint density at radius 2 is 1.50 bits per heavy atom. The van der Waals surface area contributed by atoms with E-state index < -0.39 is 52.0 Å². The van der Waals surface area contributed by atoms with Gasteiger partial charge in [0.2, 0.25) is 11.0 Å². The van der Waals surface area contributed by atoms with Crippen LogP contribution in [0.1, 0.15) is 16.8 Å². The molecule has 0 saturated heterocycles. The van der Waals surface area contributed by atoms with Crippen molar-refractivity contribution in [1.29, 1.82) is 0 Å². The smallest absolute Gasteiger partial charge is 0.294 e. The number of nitrogens with one attached hydrogen (secondary N) is 2. The first-order valence-corrected chi connectivity index (χ1v) is 10.9. The highest BCUT2D eigenvalue weighted by molar-refractivity contribution is 7.17. The summed E-state index contributed by atoms with van der Waals surface area (Å²) in [5.74, 6) is -14.9. The Morgan fingerprint density at radius 1 is 0.917 bits per heavy atom. The number of aromatic nitrogens is 1. The Morgan fingerprint density at radius 3 is 2.03 bits per heavy atom. The van der Waals surface area contributed by atoms with Crippen molar-refractivity contribution in [3.63, 3.8) is 0 Å². The molecule has 1 amide bonds. The van der Waals surface area contributed by atoms with E-state index >= 15 is 0 Å². The number of carbonyl (C=O) groups excluding carboxylic acids is 1. The topological polar surface area (TPSA) is 262 Å². The van der Waals surface area contributed by atoms with E-state index in [1.807, 2.05) is 0 Å². The van der Waals surface area contributed by atoms with Crippen molar-refractivity contribution in [1.82, 2.24) is 10.3 Å². The van der Waals surface area contributed by atoms with Crippen LogP contribution in [0.2, 0.25) is 0 Å². The molecule has 2 aromatic carbocycles. The molecule has 0 unspecified atom stereocenters. The quantitative estimate of drug-likeness (QED) is 0.129. The molecule has 1 heterocycles. The lowest BCUT2D eigenvalue weighted by Gasteiger charge is -2.39. The molecule has 0 aliphatic carbocycles. The SMILES string of the molecule is Nc1nc(C(O)(O)C(=O)Nc2ccc(C(O)(O)C(O)(O)NC(O)(O)Cc3ccccc3)cc2)c(O)s1. The molecule has 0 atom stereocenters. The van der Waals surface area contributed by atoms with Crippen molar-refractivity contribution in [2.24, 2.45) is 0 Å². The van der Waals surface area contributed by atoms with Gasteiger partial charge < -0.3 is 57.0 Å². The fraction of sp³-hybridized carbons (Fsp3) is 0.238. The van der Waals surface area contributed by atoms with Gasteiger partial charge in [0, 0.05) is 17.7 Å². The fourth-order valence-electron chi connectivity index (χ4n) is 3.16. The molecule has 3 rings (SSSR count). The van der Waals surface area contributed by atoms with E-state index in [0.29, 0.717) is 16.9 Å². The average molecular weight is 525 g/mol. The Balaban J connectivity index is 1.74. The number of aromatic hydroxyl groups is 1. The Bertz CT molecular complexity index is 1210. The van der Waals surface area contributed by atoms with Gasteiger partial charge in [-0.1, -0.05) is 53.8 Å². The number of anilines is 2. The largest absolute Gasteiger partial charge is 0.498 e. The molecule has 36 heavy (non-hydrogen) atoms. The number of carbonyl (C=O) groups is 1. The van der Waals surface area contributed by atoms with Gasteiger partial charge in [-0.05, 0) is 17.7 Å². The van der Waals surface area contributed by atoms with Crippen molar-refractivity contribution in [3.05, 3.63) is 71.4 Å². The third-order valence-electron chi connectivity index (χ3n) is 4.97. The van der Waals surface area contributed by atoms with Gasteiger partial charge >= 0.3 is 0 Å². The number of nitrogen functional groups attached to an aromatic ring is 1. The number of thiazole rings is 1. The average Bonchev–Trinajstić information content (AvgIpc) is 3.12. The minimum atomic E-state index is -3.69. The summed E-state index contributed by atoms with van der Waals surface area (Å²) in [4.78, 5) is 15.8. The fourth-order valence-corrected chi connectivity index (χ4v) is 3.78. The van der Waals surface area contributed by atoms with Gasteiger partial charge in [0.05, 0.1) is 0 Å². The first-order chi connectivity index (χ1) is 16.5. The van der Waals surface area contributed by atoms with Gasteiger partial charge in [0.15, 0.2) is 10.8 Å². The number of aliphatic hydroxyl groups is 8. The number of nitrogens with zero attached hydrogens (tertiary/aromatic N) is 1. The van der Waals surface area contributed by atoms with Crippen LogP contribution in [0.4, 0.5) is 10.8 Å². The third-order valence-corrected chi connectivity index (χ3v) is 5.66. The van der Waals surface area contributed by atoms with Crippen molar-refractivity contribution < 1.29 is 50.8 Å². The summed E-state index contributed by atoms with van der Waals surface area (Å²) < 4.78 is 0. The zero-order chi connectivity index (χ0) is 26.9. The summed E-state index contributed by atoms with van der Waals surface area (Å²) >= 11 is 0.509. The molecule has 0 aliphatic heterocycles. The van der Waals surface area contributed by atoms with E-state index in [2.05, 4.69) is 10.3 Å².